The lowest BCUT2D eigenvalue weighted by Gasteiger charge is -2.39. The summed E-state index contributed by atoms with van der Waals surface area (Å²) in [4.78, 5) is 2.31. The number of aryl methyl sites for hydroxylation is 1. The summed E-state index contributed by atoms with van der Waals surface area (Å²) in [6.45, 7) is 5.93. The van der Waals surface area contributed by atoms with E-state index in [1.165, 1.54) is 11.3 Å². The number of rotatable bonds is 3. The third kappa shape index (κ3) is 3.03. The molecule has 0 aliphatic carbocycles. The van der Waals surface area contributed by atoms with Gasteiger partial charge in [-0.05, 0) is 37.5 Å². The van der Waals surface area contributed by atoms with E-state index in [0.717, 1.165) is 25.9 Å². The van der Waals surface area contributed by atoms with Crippen LogP contribution in [0.15, 0.2) is 24.3 Å². The van der Waals surface area contributed by atoms with Crippen LogP contribution in [-0.2, 0) is 0 Å². The summed E-state index contributed by atoms with van der Waals surface area (Å²) < 4.78 is 0. The molecule has 18 heavy (non-hydrogen) atoms. The molecule has 0 aromatic heterocycles. The smallest absolute Gasteiger partial charge is 0.0583 e. The average molecular weight is 248 g/mol. The van der Waals surface area contributed by atoms with E-state index < -0.39 is 0 Å². The van der Waals surface area contributed by atoms with Crippen LogP contribution in [0.4, 0.5) is 5.69 Å². The molecule has 100 valence electrons. The van der Waals surface area contributed by atoms with E-state index in [1.54, 1.807) is 0 Å². The molecule has 3 atom stereocenters. The lowest BCUT2D eigenvalue weighted by molar-refractivity contribution is 0.0902. The van der Waals surface area contributed by atoms with Gasteiger partial charge in [-0.2, -0.15) is 0 Å². The molecule has 3 unspecified atom stereocenters. The second-order valence-electron chi connectivity index (χ2n) is 5.48. The van der Waals surface area contributed by atoms with Crippen molar-refractivity contribution in [1.82, 2.24) is 0 Å². The fourth-order valence-electron chi connectivity index (χ4n) is 2.83. The van der Waals surface area contributed by atoms with E-state index in [1.807, 2.05) is 6.92 Å². The molecule has 0 saturated carbocycles. The molecule has 1 aliphatic rings. The number of piperidine rings is 1. The van der Waals surface area contributed by atoms with Crippen LogP contribution in [-0.4, -0.2) is 30.3 Å². The van der Waals surface area contributed by atoms with E-state index in [9.17, 15) is 5.11 Å². The first-order valence-electron chi connectivity index (χ1n) is 6.85. The number of anilines is 1. The van der Waals surface area contributed by atoms with Crippen LogP contribution in [0.5, 0.6) is 0 Å². The highest BCUT2D eigenvalue weighted by Crippen LogP contribution is 2.26. The molecule has 1 aliphatic heterocycles. The minimum absolute atomic E-state index is 0.158. The number of hydrogen-bond acceptors (Lipinski definition) is 3. The largest absolute Gasteiger partial charge is 0.393 e. The normalized spacial score (nSPS) is 26.1. The lowest BCUT2D eigenvalue weighted by atomic mass is 9.88. The molecule has 1 heterocycles. The summed E-state index contributed by atoms with van der Waals surface area (Å²) in [5, 5.41) is 10.0. The van der Waals surface area contributed by atoms with Crippen molar-refractivity contribution in [3.8, 4) is 0 Å². The van der Waals surface area contributed by atoms with Crippen LogP contribution in [0.2, 0.25) is 0 Å². The van der Waals surface area contributed by atoms with Gasteiger partial charge in [0.15, 0.2) is 0 Å². The first-order valence-corrected chi connectivity index (χ1v) is 6.85. The first kappa shape index (κ1) is 13.4. The van der Waals surface area contributed by atoms with E-state index in [-0.39, 0.29) is 12.1 Å². The second-order valence-corrected chi connectivity index (χ2v) is 5.48. The Kier molecular flexibility index (Phi) is 4.25. The van der Waals surface area contributed by atoms with Crippen LogP contribution >= 0.6 is 0 Å². The van der Waals surface area contributed by atoms with Gasteiger partial charge < -0.3 is 15.7 Å². The predicted molar refractivity (Wildman–Crippen MR) is 75.8 cm³/mol. The van der Waals surface area contributed by atoms with Gasteiger partial charge in [0.25, 0.3) is 0 Å². The number of aliphatic hydroxyl groups excluding tert-OH is 1. The Morgan fingerprint density at radius 2 is 2.22 bits per heavy atom. The minimum Gasteiger partial charge on any atom is -0.393 e. The summed E-state index contributed by atoms with van der Waals surface area (Å²) in [6.07, 6.45) is 1.50. The topological polar surface area (TPSA) is 49.5 Å². The van der Waals surface area contributed by atoms with Crippen molar-refractivity contribution < 1.29 is 5.11 Å². The molecule has 0 radical (unpaired) electrons. The molecule has 1 aromatic carbocycles. The Hall–Kier alpha value is -1.06. The van der Waals surface area contributed by atoms with Gasteiger partial charge in [-0.25, -0.2) is 0 Å². The highest BCUT2D eigenvalue weighted by Gasteiger charge is 2.29. The zero-order valence-corrected chi connectivity index (χ0v) is 11.3. The van der Waals surface area contributed by atoms with Crippen molar-refractivity contribution in [2.45, 2.75) is 38.8 Å². The monoisotopic (exact) mass is 248 g/mol. The molecule has 0 spiro atoms. The SMILES string of the molecule is CCC(O)C1CC(N)CN(c2cccc(C)c2)C1. The van der Waals surface area contributed by atoms with Crippen molar-refractivity contribution in [3.05, 3.63) is 29.8 Å². The van der Waals surface area contributed by atoms with Crippen molar-refractivity contribution in [2.24, 2.45) is 11.7 Å². The molecule has 3 N–H and O–H groups in total. The van der Waals surface area contributed by atoms with Crippen molar-refractivity contribution >= 4 is 5.69 Å². The maximum atomic E-state index is 10.0. The Bertz CT molecular complexity index is 394. The Labute approximate surface area is 110 Å². The summed E-state index contributed by atoms with van der Waals surface area (Å²) in [5.41, 5.74) is 8.61. The van der Waals surface area contributed by atoms with Crippen molar-refractivity contribution in [3.63, 3.8) is 0 Å². The van der Waals surface area contributed by atoms with Gasteiger partial charge in [-0.3, -0.25) is 0 Å². The molecule has 2 rings (SSSR count). The molecule has 0 bridgehead atoms. The molecule has 3 nitrogen and oxygen atoms in total. The molecule has 3 heteroatoms. The summed E-state index contributed by atoms with van der Waals surface area (Å²) in [6, 6.07) is 8.65. The number of aliphatic hydroxyl groups is 1. The second kappa shape index (κ2) is 5.72. The maximum absolute atomic E-state index is 10.0. The maximum Gasteiger partial charge on any atom is 0.0583 e. The minimum atomic E-state index is -0.233. The zero-order valence-electron chi connectivity index (χ0n) is 11.3. The number of hydrogen-bond donors (Lipinski definition) is 2. The van der Waals surface area contributed by atoms with Crippen LogP contribution < -0.4 is 10.6 Å². The fraction of sp³-hybridized carbons (Fsp3) is 0.600. The van der Waals surface area contributed by atoms with Gasteiger partial charge in [-0.1, -0.05) is 19.1 Å². The van der Waals surface area contributed by atoms with E-state index in [0.29, 0.717) is 5.92 Å². The van der Waals surface area contributed by atoms with Crippen LogP contribution in [0.3, 0.4) is 0 Å². The Balaban J connectivity index is 2.13. The number of nitrogens with two attached hydrogens (primary N) is 1. The molecular weight excluding hydrogens is 224 g/mol. The summed E-state index contributed by atoms with van der Waals surface area (Å²) in [7, 11) is 0. The average Bonchev–Trinajstić information content (AvgIpc) is 2.37. The highest BCUT2D eigenvalue weighted by atomic mass is 16.3. The van der Waals surface area contributed by atoms with Gasteiger partial charge in [0.2, 0.25) is 0 Å². The molecule has 0 amide bonds. The quantitative estimate of drug-likeness (QED) is 0.859. The third-order valence-electron chi connectivity index (χ3n) is 3.84. The van der Waals surface area contributed by atoms with E-state index >= 15 is 0 Å². The Morgan fingerprint density at radius 1 is 1.44 bits per heavy atom. The summed E-state index contributed by atoms with van der Waals surface area (Å²) >= 11 is 0. The highest BCUT2D eigenvalue weighted by molar-refractivity contribution is 5.49. The van der Waals surface area contributed by atoms with Crippen LogP contribution in [0.1, 0.15) is 25.3 Å². The number of nitrogens with zero attached hydrogens (tertiary/aromatic N) is 1. The molecule has 1 aromatic rings. The molecular formula is C15H24N2O. The predicted octanol–water partition coefficient (Wildman–Crippen LogP) is 1.92. The van der Waals surface area contributed by atoms with E-state index in [2.05, 4.69) is 36.1 Å². The van der Waals surface area contributed by atoms with Crippen LogP contribution in [0.25, 0.3) is 0 Å². The van der Waals surface area contributed by atoms with Gasteiger partial charge in [-0.15, -0.1) is 0 Å². The number of benzene rings is 1. The lowest BCUT2D eigenvalue weighted by Crippen LogP contribution is -2.50. The summed E-state index contributed by atoms with van der Waals surface area (Å²) in [5.74, 6) is 0.291. The zero-order chi connectivity index (χ0) is 13.1. The molecule has 1 fully saturated rings. The fourth-order valence-corrected chi connectivity index (χ4v) is 2.83. The standard InChI is InChI=1S/C15H24N2O/c1-3-15(18)12-8-13(16)10-17(9-12)14-6-4-5-11(2)7-14/h4-7,12-13,15,18H,3,8-10,16H2,1-2H3. The van der Waals surface area contributed by atoms with Crippen molar-refractivity contribution in [2.75, 3.05) is 18.0 Å². The molecule has 1 saturated heterocycles. The third-order valence-corrected chi connectivity index (χ3v) is 3.84. The van der Waals surface area contributed by atoms with Crippen LogP contribution in [0, 0.1) is 12.8 Å². The Morgan fingerprint density at radius 3 is 2.89 bits per heavy atom. The van der Waals surface area contributed by atoms with Gasteiger partial charge >= 0.3 is 0 Å². The van der Waals surface area contributed by atoms with Crippen molar-refractivity contribution in [1.29, 1.82) is 0 Å². The van der Waals surface area contributed by atoms with E-state index in [4.69, 9.17) is 5.73 Å². The van der Waals surface area contributed by atoms with Gasteiger partial charge in [0, 0.05) is 30.7 Å². The first-order chi connectivity index (χ1) is 8.60. The van der Waals surface area contributed by atoms with Gasteiger partial charge in [0.05, 0.1) is 6.10 Å². The van der Waals surface area contributed by atoms with Gasteiger partial charge in [0.1, 0.15) is 0 Å².